The lowest BCUT2D eigenvalue weighted by atomic mass is 10.1. The van der Waals surface area contributed by atoms with Gasteiger partial charge in [-0.05, 0) is 19.3 Å². The van der Waals surface area contributed by atoms with Crippen LogP contribution in [0.15, 0.2) is 6.20 Å². The number of nitrogens with one attached hydrogen (secondary N) is 1. The first-order valence-electron chi connectivity index (χ1n) is 5.38. The number of nitrogens with two attached hydrogens (primary N) is 1. The van der Waals surface area contributed by atoms with Crippen LogP contribution >= 0.6 is 0 Å². The zero-order valence-electron chi connectivity index (χ0n) is 9.95. The molecule has 0 radical (unpaired) electrons. The van der Waals surface area contributed by atoms with E-state index in [1.807, 2.05) is 6.92 Å². The molecule has 0 atom stereocenters. The van der Waals surface area contributed by atoms with Crippen LogP contribution in [0.4, 0.5) is 5.82 Å². The van der Waals surface area contributed by atoms with Crippen molar-refractivity contribution in [3.05, 3.63) is 17.6 Å². The minimum Gasteiger partial charge on any atom is -0.368 e. The summed E-state index contributed by atoms with van der Waals surface area (Å²) in [6.45, 7) is 6.86. The number of hydrogen-bond acceptors (Lipinski definition) is 4. The molecule has 1 rings (SSSR count). The fourth-order valence-electron chi connectivity index (χ4n) is 1.26. The van der Waals surface area contributed by atoms with Crippen LogP contribution < -0.4 is 11.1 Å². The van der Waals surface area contributed by atoms with E-state index in [0.29, 0.717) is 11.7 Å². The number of anilines is 1. The second-order valence-electron chi connectivity index (χ2n) is 4.18. The van der Waals surface area contributed by atoms with Crippen molar-refractivity contribution in [3.8, 4) is 0 Å². The molecule has 16 heavy (non-hydrogen) atoms. The Balaban J connectivity index is 2.76. The van der Waals surface area contributed by atoms with E-state index < -0.39 is 5.91 Å². The highest BCUT2D eigenvalue weighted by molar-refractivity contribution is 5.95. The van der Waals surface area contributed by atoms with Crippen molar-refractivity contribution in [2.24, 2.45) is 11.7 Å². The summed E-state index contributed by atoms with van der Waals surface area (Å²) in [7, 11) is 0. The fraction of sp³-hybridized carbons (Fsp3) is 0.545. The normalized spacial score (nSPS) is 10.5. The number of aryl methyl sites for hydroxylation is 1. The topological polar surface area (TPSA) is 80.9 Å². The maximum absolute atomic E-state index is 11.1. The van der Waals surface area contributed by atoms with Gasteiger partial charge in [0.1, 0.15) is 0 Å². The fourth-order valence-corrected chi connectivity index (χ4v) is 1.26. The Morgan fingerprint density at radius 3 is 2.81 bits per heavy atom. The summed E-state index contributed by atoms with van der Waals surface area (Å²) in [6.07, 6.45) is 2.54. The lowest BCUT2D eigenvalue weighted by Gasteiger charge is -2.10. The molecule has 0 bridgehead atoms. The zero-order valence-corrected chi connectivity index (χ0v) is 9.95. The molecule has 3 N–H and O–H groups in total. The average molecular weight is 222 g/mol. The number of hydrogen-bond donors (Lipinski definition) is 2. The van der Waals surface area contributed by atoms with Crippen molar-refractivity contribution >= 4 is 11.7 Å². The molecule has 0 aromatic carbocycles. The second kappa shape index (κ2) is 5.44. The quantitative estimate of drug-likeness (QED) is 0.787. The Morgan fingerprint density at radius 2 is 2.25 bits per heavy atom. The van der Waals surface area contributed by atoms with E-state index in [2.05, 4.69) is 29.1 Å². The van der Waals surface area contributed by atoms with E-state index in [1.54, 1.807) is 0 Å². The zero-order chi connectivity index (χ0) is 12.1. The maximum Gasteiger partial charge on any atom is 0.271 e. The van der Waals surface area contributed by atoms with Crippen molar-refractivity contribution < 1.29 is 4.79 Å². The van der Waals surface area contributed by atoms with Crippen molar-refractivity contribution in [2.75, 3.05) is 11.9 Å². The molecule has 0 aliphatic heterocycles. The Labute approximate surface area is 95.5 Å². The first-order chi connectivity index (χ1) is 7.50. The summed E-state index contributed by atoms with van der Waals surface area (Å²) in [5.74, 6) is 0.523. The predicted molar refractivity (Wildman–Crippen MR) is 63.2 cm³/mol. The van der Waals surface area contributed by atoms with Gasteiger partial charge in [-0.2, -0.15) is 0 Å². The third-order valence-corrected chi connectivity index (χ3v) is 2.14. The summed E-state index contributed by atoms with van der Waals surface area (Å²) >= 11 is 0. The van der Waals surface area contributed by atoms with E-state index >= 15 is 0 Å². The Bertz CT molecular complexity index is 376. The van der Waals surface area contributed by atoms with Crippen molar-refractivity contribution in [2.45, 2.75) is 27.2 Å². The van der Waals surface area contributed by atoms with E-state index in [1.165, 1.54) is 6.20 Å². The van der Waals surface area contributed by atoms with Crippen LogP contribution in [0.5, 0.6) is 0 Å². The minimum atomic E-state index is -0.556. The van der Waals surface area contributed by atoms with Gasteiger partial charge in [0.25, 0.3) is 5.91 Å². The summed E-state index contributed by atoms with van der Waals surface area (Å²) in [6, 6.07) is 0. The lowest BCUT2D eigenvalue weighted by molar-refractivity contribution is 0.0996. The number of primary amides is 1. The second-order valence-corrected chi connectivity index (χ2v) is 4.18. The van der Waals surface area contributed by atoms with Gasteiger partial charge in [-0.25, -0.2) is 9.97 Å². The summed E-state index contributed by atoms with van der Waals surface area (Å²) in [4.78, 5) is 19.3. The monoisotopic (exact) mass is 222 g/mol. The molecule has 0 unspecified atom stereocenters. The van der Waals surface area contributed by atoms with Gasteiger partial charge in [0, 0.05) is 12.7 Å². The van der Waals surface area contributed by atoms with Crippen LogP contribution in [0.2, 0.25) is 0 Å². The molecule has 0 saturated carbocycles. The summed E-state index contributed by atoms with van der Waals surface area (Å²) in [5.41, 5.74) is 6.18. The molecule has 0 fully saturated rings. The molecule has 0 aliphatic carbocycles. The van der Waals surface area contributed by atoms with Crippen LogP contribution in [0.25, 0.3) is 0 Å². The molecule has 5 heteroatoms. The first kappa shape index (κ1) is 12.4. The highest BCUT2D eigenvalue weighted by Crippen LogP contribution is 2.10. The molecule has 0 saturated heterocycles. The molecule has 1 aromatic rings. The van der Waals surface area contributed by atoms with Crippen molar-refractivity contribution in [3.63, 3.8) is 0 Å². The van der Waals surface area contributed by atoms with Gasteiger partial charge in [-0.3, -0.25) is 4.79 Å². The van der Waals surface area contributed by atoms with E-state index in [9.17, 15) is 4.79 Å². The molecule has 5 nitrogen and oxygen atoms in total. The first-order valence-corrected chi connectivity index (χ1v) is 5.38. The van der Waals surface area contributed by atoms with Gasteiger partial charge in [-0.1, -0.05) is 13.8 Å². The molecule has 1 aromatic heterocycles. The van der Waals surface area contributed by atoms with Crippen molar-refractivity contribution in [1.29, 1.82) is 0 Å². The molecular weight excluding hydrogens is 204 g/mol. The predicted octanol–water partition coefficient (Wildman–Crippen LogP) is 1.34. The van der Waals surface area contributed by atoms with Crippen LogP contribution in [0.1, 0.15) is 36.5 Å². The number of nitrogens with zero attached hydrogens (tertiary/aromatic N) is 2. The van der Waals surface area contributed by atoms with Crippen LogP contribution in [-0.2, 0) is 0 Å². The number of rotatable bonds is 5. The third-order valence-electron chi connectivity index (χ3n) is 2.14. The molecule has 0 spiro atoms. The third kappa shape index (κ3) is 3.49. The van der Waals surface area contributed by atoms with Crippen LogP contribution in [0, 0.1) is 12.8 Å². The SMILES string of the molecule is Cc1cnc(C(N)=O)c(NCCC(C)C)n1. The van der Waals surface area contributed by atoms with E-state index in [0.717, 1.165) is 18.7 Å². The molecule has 1 heterocycles. The Morgan fingerprint density at radius 1 is 1.56 bits per heavy atom. The van der Waals surface area contributed by atoms with Gasteiger partial charge in [-0.15, -0.1) is 0 Å². The highest BCUT2D eigenvalue weighted by atomic mass is 16.1. The minimum absolute atomic E-state index is 0.203. The van der Waals surface area contributed by atoms with Crippen LogP contribution in [0.3, 0.4) is 0 Å². The Kier molecular flexibility index (Phi) is 4.22. The standard InChI is InChI=1S/C11H18N4O/c1-7(2)4-5-13-11-9(10(12)16)14-6-8(3)15-11/h6-7H,4-5H2,1-3H3,(H2,12,16)(H,13,15). The van der Waals surface area contributed by atoms with Gasteiger partial charge < -0.3 is 11.1 Å². The number of carbonyl (C=O) groups is 1. The van der Waals surface area contributed by atoms with Crippen molar-refractivity contribution in [1.82, 2.24) is 9.97 Å². The highest BCUT2D eigenvalue weighted by Gasteiger charge is 2.11. The summed E-state index contributed by atoms with van der Waals surface area (Å²) < 4.78 is 0. The number of carbonyl (C=O) groups excluding carboxylic acids is 1. The molecule has 1 amide bonds. The van der Waals surface area contributed by atoms with Gasteiger partial charge >= 0.3 is 0 Å². The lowest BCUT2D eigenvalue weighted by Crippen LogP contribution is -2.18. The van der Waals surface area contributed by atoms with Gasteiger partial charge in [0.15, 0.2) is 11.5 Å². The molecule has 88 valence electrons. The maximum atomic E-state index is 11.1. The summed E-state index contributed by atoms with van der Waals surface area (Å²) in [5, 5.41) is 3.09. The average Bonchev–Trinajstić information content (AvgIpc) is 2.16. The van der Waals surface area contributed by atoms with Gasteiger partial charge in [0.05, 0.1) is 5.69 Å². The largest absolute Gasteiger partial charge is 0.368 e. The molecular formula is C11H18N4O. The number of amides is 1. The smallest absolute Gasteiger partial charge is 0.271 e. The number of aromatic nitrogens is 2. The van der Waals surface area contributed by atoms with E-state index in [4.69, 9.17) is 5.73 Å². The van der Waals surface area contributed by atoms with Crippen LogP contribution in [-0.4, -0.2) is 22.4 Å². The van der Waals surface area contributed by atoms with E-state index in [-0.39, 0.29) is 5.69 Å². The Hall–Kier alpha value is -1.65. The van der Waals surface area contributed by atoms with Gasteiger partial charge in [0.2, 0.25) is 0 Å². The molecule has 0 aliphatic rings.